The molecule has 0 bridgehead atoms. The molecular weight excluding hydrogens is 246 g/mol. The van der Waals surface area contributed by atoms with Gasteiger partial charge in [-0.15, -0.1) is 0 Å². The Bertz CT molecular complexity index is 355. The van der Waals surface area contributed by atoms with E-state index in [2.05, 4.69) is 51.2 Å². The van der Waals surface area contributed by atoms with E-state index < -0.39 is 0 Å². The summed E-state index contributed by atoms with van der Waals surface area (Å²) < 4.78 is 5.81. The zero-order valence-corrected chi connectivity index (χ0v) is 13.7. The first-order valence-corrected chi connectivity index (χ1v) is 8.03. The van der Waals surface area contributed by atoms with Crippen LogP contribution in [0.3, 0.4) is 0 Å². The highest BCUT2D eigenvalue weighted by atomic mass is 16.5. The van der Waals surface area contributed by atoms with E-state index in [1.165, 1.54) is 30.4 Å². The summed E-state index contributed by atoms with van der Waals surface area (Å²) in [6.07, 6.45) is 4.87. The minimum Gasteiger partial charge on any atom is -0.494 e. The lowest BCUT2D eigenvalue weighted by molar-refractivity contribution is 0.304. The minimum atomic E-state index is 0.794. The second-order valence-electron chi connectivity index (χ2n) is 5.95. The predicted molar refractivity (Wildman–Crippen MR) is 87.6 cm³/mol. The van der Waals surface area contributed by atoms with Gasteiger partial charge in [-0.05, 0) is 75.4 Å². The van der Waals surface area contributed by atoms with Gasteiger partial charge < -0.3 is 10.1 Å². The molecule has 0 saturated carbocycles. The maximum Gasteiger partial charge on any atom is 0.119 e. The molecule has 1 aromatic rings. The van der Waals surface area contributed by atoms with Gasteiger partial charge >= 0.3 is 0 Å². The van der Waals surface area contributed by atoms with Gasteiger partial charge in [0.1, 0.15) is 5.75 Å². The first-order chi connectivity index (χ1) is 9.61. The molecule has 1 aromatic carbocycles. The molecule has 0 aliphatic rings. The summed E-state index contributed by atoms with van der Waals surface area (Å²) in [5.41, 5.74) is 2.54. The lowest BCUT2D eigenvalue weighted by atomic mass is 10.1. The number of ether oxygens (including phenoxy) is 1. The molecule has 1 atom stereocenters. The van der Waals surface area contributed by atoms with Crippen molar-refractivity contribution >= 4 is 0 Å². The third-order valence-electron chi connectivity index (χ3n) is 3.65. The first-order valence-electron chi connectivity index (χ1n) is 8.03. The zero-order chi connectivity index (χ0) is 14.8. The smallest absolute Gasteiger partial charge is 0.119 e. The Kier molecular flexibility index (Phi) is 8.36. The molecule has 1 N–H and O–H groups in total. The molecule has 2 heteroatoms. The Morgan fingerprint density at radius 3 is 2.40 bits per heavy atom. The third kappa shape index (κ3) is 7.54. The Hall–Kier alpha value is -1.02. The highest BCUT2D eigenvalue weighted by Crippen LogP contribution is 2.16. The fourth-order valence-corrected chi connectivity index (χ4v) is 2.23. The molecule has 0 heterocycles. The Morgan fingerprint density at radius 2 is 1.75 bits per heavy atom. The fraction of sp³-hybridized carbons (Fsp3) is 0.667. The highest BCUT2D eigenvalue weighted by molar-refractivity contribution is 5.32. The molecule has 0 fully saturated rings. The summed E-state index contributed by atoms with van der Waals surface area (Å²) in [5, 5.41) is 3.52. The lowest BCUT2D eigenvalue weighted by Crippen LogP contribution is -2.21. The molecular formula is C18H31NO. The average molecular weight is 277 g/mol. The predicted octanol–water partition coefficient (Wildman–Crippen LogP) is 4.49. The van der Waals surface area contributed by atoms with E-state index >= 15 is 0 Å². The summed E-state index contributed by atoms with van der Waals surface area (Å²) in [7, 11) is 0. The van der Waals surface area contributed by atoms with Gasteiger partial charge in [-0.2, -0.15) is 0 Å². The van der Waals surface area contributed by atoms with E-state index in [1.807, 2.05) is 0 Å². The van der Waals surface area contributed by atoms with Gasteiger partial charge in [0.25, 0.3) is 0 Å². The quantitative estimate of drug-likeness (QED) is 0.636. The van der Waals surface area contributed by atoms with Gasteiger partial charge in [0, 0.05) is 0 Å². The molecule has 0 aliphatic carbocycles. The van der Waals surface area contributed by atoms with E-state index in [-0.39, 0.29) is 0 Å². The minimum absolute atomic E-state index is 0.794. The summed E-state index contributed by atoms with van der Waals surface area (Å²) in [6.45, 7) is 11.9. The van der Waals surface area contributed by atoms with Crippen molar-refractivity contribution in [2.75, 3.05) is 19.7 Å². The van der Waals surface area contributed by atoms with E-state index in [9.17, 15) is 0 Å². The zero-order valence-electron chi connectivity index (χ0n) is 13.7. The number of aryl methyl sites for hydroxylation is 2. The molecule has 20 heavy (non-hydrogen) atoms. The van der Waals surface area contributed by atoms with Crippen molar-refractivity contribution in [1.82, 2.24) is 5.32 Å². The molecule has 0 amide bonds. The second kappa shape index (κ2) is 9.82. The van der Waals surface area contributed by atoms with Crippen LogP contribution in [0.1, 0.15) is 50.7 Å². The molecule has 2 nitrogen and oxygen atoms in total. The molecule has 0 aliphatic heterocycles. The Morgan fingerprint density at radius 1 is 1.05 bits per heavy atom. The van der Waals surface area contributed by atoms with Crippen LogP contribution in [0.25, 0.3) is 0 Å². The van der Waals surface area contributed by atoms with Crippen molar-refractivity contribution in [2.45, 2.75) is 53.4 Å². The van der Waals surface area contributed by atoms with Gasteiger partial charge in [-0.1, -0.05) is 26.3 Å². The van der Waals surface area contributed by atoms with Crippen LogP contribution in [-0.2, 0) is 0 Å². The fourth-order valence-electron chi connectivity index (χ4n) is 2.23. The largest absolute Gasteiger partial charge is 0.494 e. The maximum atomic E-state index is 5.81. The van der Waals surface area contributed by atoms with Crippen LogP contribution >= 0.6 is 0 Å². The van der Waals surface area contributed by atoms with E-state index in [0.29, 0.717) is 0 Å². The van der Waals surface area contributed by atoms with Crippen LogP contribution < -0.4 is 10.1 Å². The number of unbranched alkanes of at least 4 members (excludes halogenated alkanes) is 2. The normalized spacial score (nSPS) is 12.4. The van der Waals surface area contributed by atoms with Crippen molar-refractivity contribution in [3.8, 4) is 5.75 Å². The van der Waals surface area contributed by atoms with Crippen LogP contribution in [0.2, 0.25) is 0 Å². The van der Waals surface area contributed by atoms with Crippen molar-refractivity contribution in [1.29, 1.82) is 0 Å². The number of hydrogen-bond acceptors (Lipinski definition) is 2. The van der Waals surface area contributed by atoms with Gasteiger partial charge in [-0.3, -0.25) is 0 Å². The molecule has 0 aromatic heterocycles. The summed E-state index contributed by atoms with van der Waals surface area (Å²) in [6, 6.07) is 6.40. The third-order valence-corrected chi connectivity index (χ3v) is 3.65. The van der Waals surface area contributed by atoms with E-state index in [4.69, 9.17) is 4.74 Å². The van der Waals surface area contributed by atoms with E-state index in [1.54, 1.807) is 0 Å². The molecule has 0 spiro atoms. The Balaban J connectivity index is 2.02. The second-order valence-corrected chi connectivity index (χ2v) is 5.95. The van der Waals surface area contributed by atoms with Gasteiger partial charge in [0.05, 0.1) is 6.61 Å². The summed E-state index contributed by atoms with van der Waals surface area (Å²) in [4.78, 5) is 0. The molecule has 1 unspecified atom stereocenters. The van der Waals surface area contributed by atoms with Gasteiger partial charge in [0.15, 0.2) is 0 Å². The SMILES string of the molecule is CCC(C)CNCCCCCOc1cc(C)cc(C)c1. The number of rotatable bonds is 10. The van der Waals surface area contributed by atoms with Crippen molar-refractivity contribution in [3.05, 3.63) is 29.3 Å². The monoisotopic (exact) mass is 277 g/mol. The molecule has 0 saturated heterocycles. The van der Waals surface area contributed by atoms with Crippen LogP contribution in [0, 0.1) is 19.8 Å². The standard InChI is InChI=1S/C18H31NO/c1-5-15(2)14-19-9-7-6-8-10-20-18-12-16(3)11-17(4)13-18/h11-13,15,19H,5-10,14H2,1-4H3. The van der Waals surface area contributed by atoms with E-state index in [0.717, 1.165) is 37.8 Å². The molecule has 114 valence electrons. The Labute approximate surface area is 124 Å². The number of nitrogens with one attached hydrogen (secondary N) is 1. The van der Waals surface area contributed by atoms with Gasteiger partial charge in [-0.25, -0.2) is 0 Å². The maximum absolute atomic E-state index is 5.81. The molecule has 1 rings (SSSR count). The topological polar surface area (TPSA) is 21.3 Å². The van der Waals surface area contributed by atoms with Crippen LogP contribution in [-0.4, -0.2) is 19.7 Å². The first kappa shape index (κ1) is 17.0. The van der Waals surface area contributed by atoms with Crippen molar-refractivity contribution in [3.63, 3.8) is 0 Å². The van der Waals surface area contributed by atoms with Crippen molar-refractivity contribution < 1.29 is 4.74 Å². The van der Waals surface area contributed by atoms with Crippen molar-refractivity contribution in [2.24, 2.45) is 5.92 Å². The van der Waals surface area contributed by atoms with Crippen LogP contribution in [0.4, 0.5) is 0 Å². The summed E-state index contributed by atoms with van der Waals surface area (Å²) >= 11 is 0. The average Bonchev–Trinajstić information content (AvgIpc) is 2.40. The van der Waals surface area contributed by atoms with Crippen LogP contribution in [0.5, 0.6) is 5.75 Å². The van der Waals surface area contributed by atoms with Gasteiger partial charge in [0.2, 0.25) is 0 Å². The molecule has 0 radical (unpaired) electrons. The number of hydrogen-bond donors (Lipinski definition) is 1. The highest BCUT2D eigenvalue weighted by Gasteiger charge is 1.98. The number of benzene rings is 1. The summed E-state index contributed by atoms with van der Waals surface area (Å²) in [5.74, 6) is 1.81. The van der Waals surface area contributed by atoms with Crippen LogP contribution in [0.15, 0.2) is 18.2 Å². The lowest BCUT2D eigenvalue weighted by Gasteiger charge is -2.10.